The molecule has 1 aliphatic heterocycles. The van der Waals surface area contributed by atoms with Gasteiger partial charge in [-0.25, -0.2) is 9.97 Å². The number of nitrogens with zero attached hydrogens (tertiary/aromatic N) is 3. The maximum Gasteiger partial charge on any atom is 0.274 e. The van der Waals surface area contributed by atoms with Gasteiger partial charge in [0, 0.05) is 19.6 Å². The molecule has 3 rings (SSSR count). The Morgan fingerprint density at radius 3 is 2.76 bits per heavy atom. The molecule has 2 aliphatic rings. The first-order valence-corrected chi connectivity index (χ1v) is 8.13. The van der Waals surface area contributed by atoms with E-state index in [4.69, 9.17) is 0 Å². The van der Waals surface area contributed by atoms with E-state index in [-0.39, 0.29) is 5.91 Å². The number of fused-ring (bicyclic) bond motifs is 1. The average molecular weight is 288 g/mol. The Hall–Kier alpha value is -1.65. The summed E-state index contributed by atoms with van der Waals surface area (Å²) < 4.78 is 0. The van der Waals surface area contributed by atoms with E-state index < -0.39 is 0 Å². The average Bonchev–Trinajstić information content (AvgIpc) is 2.55. The monoisotopic (exact) mass is 288 g/mol. The number of rotatable bonds is 3. The number of carbonyl (C=O) groups is 1. The number of carbonyl (C=O) groups excluding carboxylic acids is 1. The van der Waals surface area contributed by atoms with Gasteiger partial charge in [0.2, 0.25) is 0 Å². The molecule has 5 nitrogen and oxygen atoms in total. The predicted molar refractivity (Wildman–Crippen MR) is 82.2 cm³/mol. The van der Waals surface area contributed by atoms with Gasteiger partial charge in [-0.15, -0.1) is 0 Å². The van der Waals surface area contributed by atoms with E-state index in [2.05, 4.69) is 15.3 Å². The molecular weight excluding hydrogens is 264 g/mol. The number of nitrogens with one attached hydrogen (secondary N) is 1. The Bertz CT molecular complexity index is 488. The van der Waals surface area contributed by atoms with E-state index in [1.807, 2.05) is 11.8 Å². The summed E-state index contributed by atoms with van der Waals surface area (Å²) in [6.07, 6.45) is 9.70. The van der Waals surface area contributed by atoms with Gasteiger partial charge in [0.25, 0.3) is 5.91 Å². The quantitative estimate of drug-likeness (QED) is 0.928. The fourth-order valence-corrected chi connectivity index (χ4v) is 3.66. The van der Waals surface area contributed by atoms with Gasteiger partial charge in [-0.1, -0.05) is 19.3 Å². The lowest BCUT2D eigenvalue weighted by molar-refractivity contribution is 0.0515. The van der Waals surface area contributed by atoms with Crippen LogP contribution in [0, 0.1) is 11.8 Å². The zero-order valence-electron chi connectivity index (χ0n) is 12.7. The van der Waals surface area contributed by atoms with Crippen LogP contribution in [0.15, 0.2) is 12.4 Å². The molecule has 0 radical (unpaired) electrons. The van der Waals surface area contributed by atoms with Crippen LogP contribution >= 0.6 is 0 Å². The highest BCUT2D eigenvalue weighted by Crippen LogP contribution is 2.36. The summed E-state index contributed by atoms with van der Waals surface area (Å²) >= 11 is 0. The van der Waals surface area contributed by atoms with Crippen LogP contribution in [0.4, 0.5) is 5.82 Å². The highest BCUT2D eigenvalue weighted by molar-refractivity contribution is 5.92. The van der Waals surface area contributed by atoms with E-state index in [9.17, 15) is 4.79 Å². The van der Waals surface area contributed by atoms with Crippen LogP contribution < -0.4 is 5.32 Å². The first-order valence-electron chi connectivity index (χ1n) is 8.13. The zero-order valence-corrected chi connectivity index (χ0v) is 12.7. The molecule has 2 fully saturated rings. The molecule has 1 saturated heterocycles. The number of anilines is 1. The van der Waals surface area contributed by atoms with Crippen molar-refractivity contribution in [3.8, 4) is 0 Å². The second-order valence-electron chi connectivity index (χ2n) is 6.16. The normalized spacial score (nSPS) is 25.3. The van der Waals surface area contributed by atoms with Crippen molar-refractivity contribution in [1.82, 2.24) is 14.9 Å². The van der Waals surface area contributed by atoms with Crippen LogP contribution in [0.25, 0.3) is 0 Å². The van der Waals surface area contributed by atoms with Crippen LogP contribution in [0.5, 0.6) is 0 Å². The van der Waals surface area contributed by atoms with Crippen LogP contribution in [-0.4, -0.2) is 40.4 Å². The van der Waals surface area contributed by atoms with Crippen molar-refractivity contribution in [2.45, 2.75) is 39.0 Å². The lowest BCUT2D eigenvalue weighted by Gasteiger charge is -2.41. The molecule has 5 heteroatoms. The van der Waals surface area contributed by atoms with Crippen LogP contribution in [0.1, 0.15) is 49.5 Å². The second-order valence-corrected chi connectivity index (χ2v) is 6.16. The summed E-state index contributed by atoms with van der Waals surface area (Å²) in [6, 6.07) is 0. The molecule has 0 bridgehead atoms. The molecule has 1 amide bonds. The van der Waals surface area contributed by atoms with Crippen molar-refractivity contribution in [3.05, 3.63) is 18.1 Å². The Morgan fingerprint density at radius 1 is 1.24 bits per heavy atom. The van der Waals surface area contributed by atoms with Gasteiger partial charge in [0.1, 0.15) is 11.5 Å². The SMILES string of the molecule is CCNc1cnc(C(=O)N2CCC3CCCCC3C2)cn1. The minimum atomic E-state index is 0.0366. The molecule has 1 N–H and O–H groups in total. The first kappa shape index (κ1) is 14.3. The van der Waals surface area contributed by atoms with E-state index in [0.717, 1.165) is 37.8 Å². The first-order chi connectivity index (χ1) is 10.3. The number of likely N-dealkylation sites (tertiary alicyclic amines) is 1. The van der Waals surface area contributed by atoms with Crippen molar-refractivity contribution >= 4 is 11.7 Å². The van der Waals surface area contributed by atoms with Gasteiger partial charge in [-0.3, -0.25) is 4.79 Å². The highest BCUT2D eigenvalue weighted by Gasteiger charge is 2.33. The van der Waals surface area contributed by atoms with Crippen molar-refractivity contribution in [3.63, 3.8) is 0 Å². The van der Waals surface area contributed by atoms with Crippen LogP contribution in [0.3, 0.4) is 0 Å². The standard InChI is InChI=1S/C16H24N4O/c1-2-17-15-10-18-14(9-19-15)16(21)20-8-7-12-5-3-4-6-13(12)11-20/h9-10,12-13H,2-8,11H2,1H3,(H,17,19). The number of piperidine rings is 1. The maximum atomic E-state index is 12.5. The number of hydrogen-bond donors (Lipinski definition) is 1. The smallest absolute Gasteiger partial charge is 0.274 e. The predicted octanol–water partition coefficient (Wildman–Crippen LogP) is 2.56. The lowest BCUT2D eigenvalue weighted by atomic mass is 9.75. The molecule has 21 heavy (non-hydrogen) atoms. The Balaban J connectivity index is 1.64. The molecule has 114 valence electrons. The summed E-state index contributed by atoms with van der Waals surface area (Å²) in [5.74, 6) is 2.30. The Morgan fingerprint density at radius 2 is 2.05 bits per heavy atom. The van der Waals surface area contributed by atoms with Gasteiger partial charge in [-0.05, 0) is 31.6 Å². The lowest BCUT2D eigenvalue weighted by Crippen LogP contribution is -2.45. The second kappa shape index (κ2) is 6.41. The number of hydrogen-bond acceptors (Lipinski definition) is 4. The molecular formula is C16H24N4O. The van der Waals surface area contributed by atoms with Gasteiger partial charge >= 0.3 is 0 Å². The summed E-state index contributed by atoms with van der Waals surface area (Å²) in [5, 5.41) is 3.09. The maximum absolute atomic E-state index is 12.5. The largest absolute Gasteiger partial charge is 0.369 e. The highest BCUT2D eigenvalue weighted by atomic mass is 16.2. The van der Waals surface area contributed by atoms with Crippen molar-refractivity contribution in [1.29, 1.82) is 0 Å². The van der Waals surface area contributed by atoms with E-state index in [0.29, 0.717) is 11.6 Å². The number of aromatic nitrogens is 2. The Kier molecular flexibility index (Phi) is 4.36. The van der Waals surface area contributed by atoms with Crippen molar-refractivity contribution in [2.24, 2.45) is 11.8 Å². The molecule has 2 heterocycles. The third-order valence-electron chi connectivity index (χ3n) is 4.81. The fraction of sp³-hybridized carbons (Fsp3) is 0.688. The van der Waals surface area contributed by atoms with Gasteiger partial charge in [0.15, 0.2) is 0 Å². The third-order valence-corrected chi connectivity index (χ3v) is 4.81. The summed E-state index contributed by atoms with van der Waals surface area (Å²) in [4.78, 5) is 23.0. The third kappa shape index (κ3) is 3.17. The summed E-state index contributed by atoms with van der Waals surface area (Å²) in [6.45, 7) is 4.59. The minimum Gasteiger partial charge on any atom is -0.369 e. The van der Waals surface area contributed by atoms with Crippen molar-refractivity contribution in [2.75, 3.05) is 25.0 Å². The summed E-state index contributed by atoms with van der Waals surface area (Å²) in [7, 11) is 0. The Labute approximate surface area is 126 Å². The molecule has 2 unspecified atom stereocenters. The molecule has 1 aromatic heterocycles. The molecule has 0 aromatic carbocycles. The molecule has 2 atom stereocenters. The molecule has 1 saturated carbocycles. The number of amides is 1. The van der Waals surface area contributed by atoms with Crippen LogP contribution in [0.2, 0.25) is 0 Å². The van der Waals surface area contributed by atoms with E-state index >= 15 is 0 Å². The van der Waals surface area contributed by atoms with Crippen molar-refractivity contribution < 1.29 is 4.79 Å². The van der Waals surface area contributed by atoms with Gasteiger partial charge in [0.05, 0.1) is 12.4 Å². The summed E-state index contributed by atoms with van der Waals surface area (Å²) in [5.41, 5.74) is 0.464. The molecule has 1 aliphatic carbocycles. The van der Waals surface area contributed by atoms with E-state index in [1.165, 1.54) is 25.7 Å². The molecule has 1 aromatic rings. The zero-order chi connectivity index (χ0) is 14.7. The molecule has 0 spiro atoms. The van der Waals surface area contributed by atoms with Gasteiger partial charge < -0.3 is 10.2 Å². The minimum absolute atomic E-state index is 0.0366. The fourth-order valence-electron chi connectivity index (χ4n) is 3.66. The van der Waals surface area contributed by atoms with E-state index in [1.54, 1.807) is 12.4 Å². The topological polar surface area (TPSA) is 58.1 Å². The van der Waals surface area contributed by atoms with Crippen LogP contribution in [-0.2, 0) is 0 Å². The van der Waals surface area contributed by atoms with Gasteiger partial charge in [-0.2, -0.15) is 0 Å².